The van der Waals surface area contributed by atoms with Gasteiger partial charge in [-0.1, -0.05) is 26.0 Å². The molecule has 0 aliphatic rings. The molecule has 0 spiro atoms. The van der Waals surface area contributed by atoms with E-state index in [2.05, 4.69) is 34.6 Å². The minimum absolute atomic E-state index is 0.00562. The van der Waals surface area contributed by atoms with Gasteiger partial charge in [-0.3, -0.25) is 4.79 Å². The molecule has 1 N–H and O–H groups in total. The van der Waals surface area contributed by atoms with Crippen molar-refractivity contribution in [2.45, 2.75) is 46.2 Å². The van der Waals surface area contributed by atoms with Gasteiger partial charge in [0.1, 0.15) is 12.4 Å². The maximum atomic E-state index is 13.2. The summed E-state index contributed by atoms with van der Waals surface area (Å²) >= 11 is 0. The second-order valence-electron chi connectivity index (χ2n) is 6.09. The Morgan fingerprint density at radius 3 is 2.78 bits per heavy atom. The number of halogens is 1. The summed E-state index contributed by atoms with van der Waals surface area (Å²) in [5, 5.41) is 14.7. The molecular weight excluding hydrogens is 297 g/mol. The number of nitrogens with zero attached hydrogens (tertiary/aromatic N) is 4. The number of aromatic nitrogens is 4. The predicted octanol–water partition coefficient (Wildman–Crippen LogP) is 2.42. The second kappa shape index (κ2) is 7.80. The van der Waals surface area contributed by atoms with E-state index in [1.54, 1.807) is 12.1 Å². The van der Waals surface area contributed by atoms with Crippen LogP contribution in [-0.2, 0) is 11.3 Å². The van der Waals surface area contributed by atoms with E-state index < -0.39 is 0 Å². The summed E-state index contributed by atoms with van der Waals surface area (Å²) in [5.74, 6) is 0.380. The van der Waals surface area contributed by atoms with E-state index in [-0.39, 0.29) is 24.3 Å². The Labute approximate surface area is 135 Å². The molecule has 23 heavy (non-hydrogen) atoms. The summed E-state index contributed by atoms with van der Waals surface area (Å²) < 4.78 is 13.2. The Bertz CT molecular complexity index is 655. The highest BCUT2D eigenvalue weighted by Crippen LogP contribution is 2.14. The Hall–Kier alpha value is -2.31. The molecule has 0 saturated carbocycles. The molecule has 2 aromatic rings. The highest BCUT2D eigenvalue weighted by molar-refractivity contribution is 5.75. The van der Waals surface area contributed by atoms with Crippen molar-refractivity contribution in [3.8, 4) is 11.4 Å². The number of tetrazole rings is 1. The van der Waals surface area contributed by atoms with Gasteiger partial charge in [0, 0.05) is 11.6 Å². The van der Waals surface area contributed by atoms with Gasteiger partial charge in [-0.2, -0.15) is 4.80 Å². The fraction of sp³-hybridized carbons (Fsp3) is 0.500. The first-order valence-electron chi connectivity index (χ1n) is 7.77. The average Bonchev–Trinajstić information content (AvgIpc) is 2.93. The quantitative estimate of drug-likeness (QED) is 0.850. The van der Waals surface area contributed by atoms with E-state index in [0.29, 0.717) is 17.3 Å². The Morgan fingerprint density at radius 2 is 2.09 bits per heavy atom. The fourth-order valence-corrected chi connectivity index (χ4v) is 2.16. The first-order valence-corrected chi connectivity index (χ1v) is 7.77. The Morgan fingerprint density at radius 1 is 1.30 bits per heavy atom. The molecule has 0 radical (unpaired) electrons. The average molecular weight is 319 g/mol. The molecule has 0 bridgehead atoms. The van der Waals surface area contributed by atoms with Gasteiger partial charge in [-0.25, -0.2) is 4.39 Å². The van der Waals surface area contributed by atoms with Gasteiger partial charge in [0.05, 0.1) is 0 Å². The largest absolute Gasteiger partial charge is 0.352 e. The van der Waals surface area contributed by atoms with Crippen molar-refractivity contribution in [2.75, 3.05) is 0 Å². The summed E-state index contributed by atoms with van der Waals surface area (Å²) in [5.41, 5.74) is 0.530. The van der Waals surface area contributed by atoms with Crippen molar-refractivity contribution in [1.29, 1.82) is 0 Å². The van der Waals surface area contributed by atoms with Gasteiger partial charge >= 0.3 is 0 Å². The van der Waals surface area contributed by atoms with Crippen LogP contribution in [-0.4, -0.2) is 32.2 Å². The number of carbonyl (C=O) groups excluding carboxylic acids is 1. The molecule has 0 aliphatic carbocycles. The molecule has 1 atom stereocenters. The minimum Gasteiger partial charge on any atom is -0.352 e. The van der Waals surface area contributed by atoms with Crippen LogP contribution >= 0.6 is 0 Å². The van der Waals surface area contributed by atoms with Crippen molar-refractivity contribution >= 4 is 5.91 Å². The van der Waals surface area contributed by atoms with E-state index in [0.717, 1.165) is 12.8 Å². The van der Waals surface area contributed by atoms with Crippen molar-refractivity contribution in [3.05, 3.63) is 30.1 Å². The van der Waals surface area contributed by atoms with Gasteiger partial charge in [-0.05, 0) is 43.0 Å². The third-order valence-electron chi connectivity index (χ3n) is 3.41. The van der Waals surface area contributed by atoms with Crippen LogP contribution in [0.15, 0.2) is 24.3 Å². The number of nitrogens with one attached hydrogen (secondary N) is 1. The maximum absolute atomic E-state index is 13.2. The standard InChI is InChI=1S/C16H22FN5O/c1-11(2)7-8-12(3)18-15(23)10-22-20-16(19-21-22)13-5-4-6-14(17)9-13/h4-6,9,11-12H,7-8,10H2,1-3H3,(H,18,23)/t12-/m0/s1. The fourth-order valence-electron chi connectivity index (χ4n) is 2.16. The van der Waals surface area contributed by atoms with Crippen LogP contribution in [0.1, 0.15) is 33.6 Å². The minimum atomic E-state index is -0.365. The summed E-state index contributed by atoms with van der Waals surface area (Å²) in [4.78, 5) is 13.2. The van der Waals surface area contributed by atoms with E-state index in [1.807, 2.05) is 6.92 Å². The van der Waals surface area contributed by atoms with Crippen LogP contribution in [0.2, 0.25) is 0 Å². The van der Waals surface area contributed by atoms with Crippen molar-refractivity contribution in [2.24, 2.45) is 5.92 Å². The lowest BCUT2D eigenvalue weighted by atomic mass is 10.0. The van der Waals surface area contributed by atoms with E-state index in [4.69, 9.17) is 0 Å². The van der Waals surface area contributed by atoms with Gasteiger partial charge in [0.25, 0.3) is 0 Å². The normalized spacial score (nSPS) is 12.4. The molecule has 7 heteroatoms. The van der Waals surface area contributed by atoms with E-state index in [9.17, 15) is 9.18 Å². The smallest absolute Gasteiger partial charge is 0.243 e. The molecule has 1 heterocycles. The monoisotopic (exact) mass is 319 g/mol. The van der Waals surface area contributed by atoms with E-state index in [1.165, 1.54) is 16.9 Å². The van der Waals surface area contributed by atoms with Crippen molar-refractivity contribution in [3.63, 3.8) is 0 Å². The number of hydrogen-bond acceptors (Lipinski definition) is 4. The van der Waals surface area contributed by atoms with Crippen LogP contribution in [0.25, 0.3) is 11.4 Å². The van der Waals surface area contributed by atoms with E-state index >= 15 is 0 Å². The molecule has 2 rings (SSSR count). The number of amides is 1. The molecule has 1 amide bonds. The zero-order valence-corrected chi connectivity index (χ0v) is 13.7. The lowest BCUT2D eigenvalue weighted by Crippen LogP contribution is -2.35. The first-order chi connectivity index (χ1) is 10.9. The van der Waals surface area contributed by atoms with Gasteiger partial charge in [0.15, 0.2) is 0 Å². The van der Waals surface area contributed by atoms with Crippen molar-refractivity contribution < 1.29 is 9.18 Å². The molecule has 0 saturated heterocycles. The lowest BCUT2D eigenvalue weighted by molar-refractivity contribution is -0.122. The lowest BCUT2D eigenvalue weighted by Gasteiger charge is -2.14. The van der Waals surface area contributed by atoms with Crippen molar-refractivity contribution in [1.82, 2.24) is 25.5 Å². The zero-order valence-electron chi connectivity index (χ0n) is 13.7. The number of hydrogen-bond donors (Lipinski definition) is 1. The number of carbonyl (C=O) groups is 1. The number of rotatable bonds is 7. The molecule has 0 fully saturated rings. The third kappa shape index (κ3) is 5.43. The summed E-state index contributed by atoms with van der Waals surface area (Å²) in [7, 11) is 0. The first kappa shape index (κ1) is 17.1. The third-order valence-corrected chi connectivity index (χ3v) is 3.41. The van der Waals surface area contributed by atoms with Crippen LogP contribution < -0.4 is 5.32 Å². The summed E-state index contributed by atoms with van der Waals surface area (Å²) in [6, 6.07) is 6.05. The zero-order chi connectivity index (χ0) is 16.8. The molecular formula is C16H22FN5O. The van der Waals surface area contributed by atoms with Gasteiger partial charge < -0.3 is 5.32 Å². The maximum Gasteiger partial charge on any atom is 0.243 e. The summed E-state index contributed by atoms with van der Waals surface area (Å²) in [6.07, 6.45) is 2.00. The van der Waals surface area contributed by atoms with Crippen LogP contribution in [0.4, 0.5) is 4.39 Å². The summed E-state index contributed by atoms with van der Waals surface area (Å²) in [6.45, 7) is 6.28. The molecule has 1 aromatic carbocycles. The highest BCUT2D eigenvalue weighted by atomic mass is 19.1. The predicted molar refractivity (Wildman–Crippen MR) is 84.9 cm³/mol. The number of benzene rings is 1. The van der Waals surface area contributed by atoms with Gasteiger partial charge in [0.2, 0.25) is 11.7 Å². The van der Waals surface area contributed by atoms with Crippen LogP contribution in [0.5, 0.6) is 0 Å². The Kier molecular flexibility index (Phi) is 5.78. The van der Waals surface area contributed by atoms with Crippen LogP contribution in [0, 0.1) is 11.7 Å². The highest BCUT2D eigenvalue weighted by Gasteiger charge is 2.12. The topological polar surface area (TPSA) is 72.7 Å². The van der Waals surface area contributed by atoms with Crippen LogP contribution in [0.3, 0.4) is 0 Å². The molecule has 124 valence electrons. The molecule has 1 aromatic heterocycles. The molecule has 0 aliphatic heterocycles. The van der Waals surface area contributed by atoms with Gasteiger partial charge in [-0.15, -0.1) is 10.2 Å². The Balaban J connectivity index is 1.90. The molecule has 6 nitrogen and oxygen atoms in total. The second-order valence-corrected chi connectivity index (χ2v) is 6.09. The SMILES string of the molecule is CC(C)CC[C@H](C)NC(=O)Cn1nnc(-c2cccc(F)c2)n1. The molecule has 0 unspecified atom stereocenters.